The minimum absolute atomic E-state index is 0.176. The summed E-state index contributed by atoms with van der Waals surface area (Å²) < 4.78 is 2.29. The number of aromatic nitrogens is 2. The van der Waals surface area contributed by atoms with Gasteiger partial charge in [0.25, 0.3) is 5.56 Å². The zero-order chi connectivity index (χ0) is 15.6. The Labute approximate surface area is 140 Å². The first-order valence-electron chi connectivity index (χ1n) is 6.22. The molecule has 1 heterocycles. The van der Waals surface area contributed by atoms with Crippen molar-refractivity contribution in [3.8, 4) is 0 Å². The van der Waals surface area contributed by atoms with E-state index in [4.69, 9.17) is 11.6 Å². The van der Waals surface area contributed by atoms with Crippen LogP contribution in [0, 0.1) is 0 Å². The van der Waals surface area contributed by atoms with Gasteiger partial charge < -0.3 is 5.11 Å². The molecule has 0 saturated heterocycles. The fourth-order valence-corrected chi connectivity index (χ4v) is 3.14. The molecule has 7 heteroatoms. The molecule has 4 nitrogen and oxygen atoms in total. The average Bonchev–Trinajstić information content (AvgIpc) is 2.40. The van der Waals surface area contributed by atoms with Crippen LogP contribution in [0.5, 0.6) is 0 Å². The number of halogens is 2. The lowest BCUT2D eigenvalue weighted by molar-refractivity contribution is 0.168. The van der Waals surface area contributed by atoms with Crippen molar-refractivity contribution < 1.29 is 5.11 Å². The second kappa shape index (κ2) is 6.96. The third-order valence-corrected chi connectivity index (χ3v) is 4.53. The molecule has 0 fully saturated rings. The first kappa shape index (κ1) is 16.5. The summed E-state index contributed by atoms with van der Waals surface area (Å²) in [6, 6.07) is 5.36. The van der Waals surface area contributed by atoms with Crippen molar-refractivity contribution in [2.24, 2.45) is 0 Å². The topological polar surface area (TPSA) is 55.1 Å². The maximum Gasteiger partial charge on any atom is 0.262 e. The minimum Gasteiger partial charge on any atom is -0.392 e. The molecule has 1 aromatic heterocycles. The molecule has 0 aliphatic carbocycles. The monoisotopic (exact) mass is 388 g/mol. The number of nitrogens with zero attached hydrogens (tertiary/aromatic N) is 2. The highest BCUT2D eigenvalue weighted by molar-refractivity contribution is 9.10. The molecule has 21 heavy (non-hydrogen) atoms. The van der Waals surface area contributed by atoms with E-state index >= 15 is 0 Å². The average molecular weight is 390 g/mol. The molecule has 2 aromatic rings. The highest BCUT2D eigenvalue weighted by Gasteiger charge is 2.13. The van der Waals surface area contributed by atoms with Gasteiger partial charge in [-0.1, -0.05) is 45.9 Å². The Kier molecular flexibility index (Phi) is 5.48. The predicted octanol–water partition coefficient (Wildman–Crippen LogP) is 3.38. The van der Waals surface area contributed by atoms with E-state index in [2.05, 4.69) is 27.5 Å². The van der Waals surface area contributed by atoms with Crippen LogP contribution in [-0.4, -0.2) is 26.5 Å². The minimum atomic E-state index is -0.646. The molecule has 0 amide bonds. The zero-order valence-corrected chi connectivity index (χ0v) is 14.5. The van der Waals surface area contributed by atoms with Crippen LogP contribution < -0.4 is 5.56 Å². The quantitative estimate of drug-likeness (QED) is 0.629. The number of aliphatic hydroxyl groups is 1. The molecule has 0 saturated carbocycles. The Morgan fingerprint density at radius 2 is 2.33 bits per heavy atom. The summed E-state index contributed by atoms with van der Waals surface area (Å²) in [5.41, 5.74) is 0.442. The summed E-state index contributed by atoms with van der Waals surface area (Å²) in [4.78, 5) is 17.1. The van der Waals surface area contributed by atoms with Crippen LogP contribution in [0.15, 0.2) is 44.2 Å². The Morgan fingerprint density at radius 3 is 2.95 bits per heavy atom. The summed E-state index contributed by atoms with van der Waals surface area (Å²) in [5.74, 6) is 0.454. The maximum absolute atomic E-state index is 12.6. The Bertz CT molecular complexity index is 746. The first-order chi connectivity index (χ1) is 9.88. The molecular weight excluding hydrogens is 376 g/mol. The van der Waals surface area contributed by atoms with Gasteiger partial charge in [-0.3, -0.25) is 9.36 Å². The molecule has 0 bridgehead atoms. The van der Waals surface area contributed by atoms with Gasteiger partial charge in [-0.2, -0.15) is 0 Å². The van der Waals surface area contributed by atoms with Crippen molar-refractivity contribution in [2.75, 3.05) is 5.75 Å². The van der Waals surface area contributed by atoms with Gasteiger partial charge in [0.1, 0.15) is 0 Å². The molecule has 0 radical (unpaired) electrons. The largest absolute Gasteiger partial charge is 0.392 e. The number of aliphatic hydroxyl groups excluding tert-OH is 1. The van der Waals surface area contributed by atoms with Crippen molar-refractivity contribution in [1.82, 2.24) is 9.55 Å². The van der Waals surface area contributed by atoms with Gasteiger partial charge in [0.2, 0.25) is 0 Å². The maximum atomic E-state index is 12.6. The van der Waals surface area contributed by atoms with Gasteiger partial charge in [-0.15, -0.1) is 0 Å². The zero-order valence-electron chi connectivity index (χ0n) is 11.3. The normalized spacial score (nSPS) is 12.6. The summed E-state index contributed by atoms with van der Waals surface area (Å²) in [6.07, 6.45) is -0.646. The van der Waals surface area contributed by atoms with Gasteiger partial charge in [0.05, 0.1) is 23.6 Å². The van der Waals surface area contributed by atoms with E-state index in [1.54, 1.807) is 19.1 Å². The van der Waals surface area contributed by atoms with E-state index in [-0.39, 0.29) is 12.1 Å². The van der Waals surface area contributed by atoms with E-state index in [0.717, 1.165) is 4.47 Å². The van der Waals surface area contributed by atoms with E-state index in [1.165, 1.54) is 16.3 Å². The lowest BCUT2D eigenvalue weighted by Crippen LogP contribution is -2.27. The van der Waals surface area contributed by atoms with Crippen LogP contribution in [0.3, 0.4) is 0 Å². The second-order valence-electron chi connectivity index (χ2n) is 4.63. The fourth-order valence-electron chi connectivity index (χ4n) is 1.85. The van der Waals surface area contributed by atoms with Crippen LogP contribution in [0.25, 0.3) is 10.9 Å². The molecule has 0 unspecified atom stereocenters. The Balaban J connectivity index is 2.61. The molecule has 1 N–H and O–H groups in total. The first-order valence-corrected chi connectivity index (χ1v) is 8.38. The molecule has 2 rings (SSSR count). The second-order valence-corrected chi connectivity index (χ2v) is 7.02. The molecule has 0 spiro atoms. The highest BCUT2D eigenvalue weighted by atomic mass is 79.9. The predicted molar refractivity (Wildman–Crippen MR) is 91.1 cm³/mol. The van der Waals surface area contributed by atoms with E-state index < -0.39 is 6.10 Å². The molecule has 0 aliphatic heterocycles. The number of rotatable bonds is 5. The van der Waals surface area contributed by atoms with E-state index in [1.807, 2.05) is 6.07 Å². The number of benzene rings is 1. The van der Waals surface area contributed by atoms with Gasteiger partial charge in [-0.25, -0.2) is 4.98 Å². The lowest BCUT2D eigenvalue weighted by Gasteiger charge is -2.14. The van der Waals surface area contributed by atoms with Gasteiger partial charge in [-0.05, 0) is 25.1 Å². The molecule has 1 atom stereocenters. The summed E-state index contributed by atoms with van der Waals surface area (Å²) in [7, 11) is 0. The van der Waals surface area contributed by atoms with E-state index in [9.17, 15) is 9.90 Å². The van der Waals surface area contributed by atoms with Crippen molar-refractivity contribution in [3.63, 3.8) is 0 Å². The fraction of sp³-hybridized carbons (Fsp3) is 0.286. The third kappa shape index (κ3) is 4.10. The van der Waals surface area contributed by atoms with Crippen LogP contribution in [0.2, 0.25) is 0 Å². The standard InChI is InChI=1S/C14H14BrClN2O2S/c1-8(16)7-21-14-17-12-4-3-10(15)5-11(12)13(20)18(14)6-9(2)19/h3-5,9,19H,1,6-7H2,2H3/t9-/m0/s1. The van der Waals surface area contributed by atoms with Crippen molar-refractivity contribution in [1.29, 1.82) is 0 Å². The van der Waals surface area contributed by atoms with Crippen LogP contribution in [0.4, 0.5) is 0 Å². The number of fused-ring (bicyclic) bond motifs is 1. The van der Waals surface area contributed by atoms with Gasteiger partial charge in [0.15, 0.2) is 5.16 Å². The summed E-state index contributed by atoms with van der Waals surface area (Å²) >= 11 is 10.5. The van der Waals surface area contributed by atoms with Crippen LogP contribution in [-0.2, 0) is 6.54 Å². The SMILES string of the molecule is C=C(Cl)CSc1nc2ccc(Br)cc2c(=O)n1C[C@H](C)O. The summed E-state index contributed by atoms with van der Waals surface area (Å²) in [5, 5.41) is 11.1. The Morgan fingerprint density at radius 1 is 1.62 bits per heavy atom. The Hall–Kier alpha value is -0.820. The molecule has 112 valence electrons. The number of hydrogen-bond donors (Lipinski definition) is 1. The molecular formula is C14H14BrClN2O2S. The van der Waals surface area contributed by atoms with Crippen molar-refractivity contribution >= 4 is 50.2 Å². The van der Waals surface area contributed by atoms with E-state index in [0.29, 0.717) is 26.8 Å². The molecule has 1 aromatic carbocycles. The van der Waals surface area contributed by atoms with Crippen molar-refractivity contribution in [3.05, 3.63) is 44.6 Å². The number of thioether (sulfide) groups is 1. The van der Waals surface area contributed by atoms with Gasteiger partial charge in [0, 0.05) is 15.3 Å². The summed E-state index contributed by atoms with van der Waals surface area (Å²) in [6.45, 7) is 5.45. The lowest BCUT2D eigenvalue weighted by atomic mass is 10.2. The van der Waals surface area contributed by atoms with Gasteiger partial charge >= 0.3 is 0 Å². The van der Waals surface area contributed by atoms with Crippen LogP contribution >= 0.6 is 39.3 Å². The number of hydrogen-bond acceptors (Lipinski definition) is 4. The smallest absolute Gasteiger partial charge is 0.262 e. The van der Waals surface area contributed by atoms with Crippen LogP contribution in [0.1, 0.15) is 6.92 Å². The molecule has 0 aliphatic rings. The highest BCUT2D eigenvalue weighted by Crippen LogP contribution is 2.22. The van der Waals surface area contributed by atoms with Crippen molar-refractivity contribution in [2.45, 2.75) is 24.7 Å². The third-order valence-electron chi connectivity index (χ3n) is 2.69.